The number of benzene rings is 2. The topological polar surface area (TPSA) is 70.9 Å². The molecule has 2 aromatic carbocycles. The van der Waals surface area contributed by atoms with Gasteiger partial charge in [0.05, 0.1) is 16.6 Å². The van der Waals surface area contributed by atoms with Crippen LogP contribution in [0.5, 0.6) is 11.5 Å². The smallest absolute Gasteiger partial charge is 0.161 e. The number of nitriles is 1. The second-order valence-corrected chi connectivity index (χ2v) is 5.32. The lowest BCUT2D eigenvalue weighted by Gasteiger charge is -2.18. The minimum Gasteiger partial charge on any atom is -0.486 e. The van der Waals surface area contributed by atoms with E-state index >= 15 is 0 Å². The number of halogens is 1. The van der Waals surface area contributed by atoms with Gasteiger partial charge in [-0.15, -0.1) is 0 Å². The third-order valence-electron chi connectivity index (χ3n) is 3.70. The molecule has 1 aromatic heterocycles. The van der Waals surface area contributed by atoms with Crippen molar-refractivity contribution in [3.05, 3.63) is 53.6 Å². The summed E-state index contributed by atoms with van der Waals surface area (Å²) in [5.74, 6) is 1.38. The van der Waals surface area contributed by atoms with Crippen LogP contribution in [-0.4, -0.2) is 23.2 Å². The highest BCUT2D eigenvalue weighted by Crippen LogP contribution is 2.32. The van der Waals surface area contributed by atoms with Gasteiger partial charge in [0.1, 0.15) is 30.9 Å². The highest BCUT2D eigenvalue weighted by atomic mass is 19.1. The maximum atomic E-state index is 13.3. The molecule has 1 N–H and O–H groups in total. The van der Waals surface area contributed by atoms with Crippen molar-refractivity contribution in [2.45, 2.75) is 0 Å². The maximum Gasteiger partial charge on any atom is 0.161 e. The molecule has 24 heavy (non-hydrogen) atoms. The summed E-state index contributed by atoms with van der Waals surface area (Å²) in [4.78, 5) is 7.31. The largest absolute Gasteiger partial charge is 0.486 e. The van der Waals surface area contributed by atoms with Crippen LogP contribution in [0, 0.1) is 17.1 Å². The van der Waals surface area contributed by atoms with Crippen LogP contribution < -0.4 is 9.47 Å². The molecule has 6 heteroatoms. The first-order chi connectivity index (χ1) is 11.7. The van der Waals surface area contributed by atoms with Gasteiger partial charge in [-0.3, -0.25) is 0 Å². The number of nitrogens with zero attached hydrogens (tertiary/aromatic N) is 2. The molecule has 3 aromatic rings. The van der Waals surface area contributed by atoms with Crippen molar-refractivity contribution in [1.29, 1.82) is 5.26 Å². The zero-order valence-corrected chi connectivity index (χ0v) is 12.5. The number of nitrogens with one attached hydrogen (secondary N) is 1. The molecule has 0 bridgehead atoms. The normalized spacial score (nSPS) is 13.8. The van der Waals surface area contributed by atoms with Crippen LogP contribution in [-0.2, 0) is 0 Å². The number of aromatic nitrogens is 2. The lowest BCUT2D eigenvalue weighted by atomic mass is 10.1. The average molecular weight is 321 g/mol. The monoisotopic (exact) mass is 321 g/mol. The third-order valence-corrected chi connectivity index (χ3v) is 3.70. The van der Waals surface area contributed by atoms with Crippen LogP contribution in [0.3, 0.4) is 0 Å². The van der Waals surface area contributed by atoms with Gasteiger partial charge in [-0.2, -0.15) is 5.26 Å². The predicted molar refractivity (Wildman–Crippen MR) is 87.0 cm³/mol. The van der Waals surface area contributed by atoms with Crippen molar-refractivity contribution in [2.24, 2.45) is 0 Å². The van der Waals surface area contributed by atoms with Gasteiger partial charge in [-0.05, 0) is 42.0 Å². The van der Waals surface area contributed by atoms with Gasteiger partial charge < -0.3 is 14.5 Å². The molecule has 0 amide bonds. The van der Waals surface area contributed by atoms with E-state index in [0.29, 0.717) is 47.1 Å². The van der Waals surface area contributed by atoms with Crippen LogP contribution in [0.2, 0.25) is 0 Å². The maximum absolute atomic E-state index is 13.3. The van der Waals surface area contributed by atoms with Crippen LogP contribution in [0.25, 0.3) is 22.7 Å². The summed E-state index contributed by atoms with van der Waals surface area (Å²) in [6.07, 6.45) is 1.70. The van der Waals surface area contributed by atoms with E-state index in [9.17, 15) is 9.65 Å². The van der Waals surface area contributed by atoms with E-state index < -0.39 is 0 Å². The molecule has 0 unspecified atom stereocenters. The molecule has 0 saturated heterocycles. The summed E-state index contributed by atoms with van der Waals surface area (Å²) in [6, 6.07) is 11.8. The van der Waals surface area contributed by atoms with Crippen molar-refractivity contribution in [3.8, 4) is 17.6 Å². The molecule has 0 aliphatic carbocycles. The van der Waals surface area contributed by atoms with Crippen LogP contribution in [0.15, 0.2) is 36.4 Å². The van der Waals surface area contributed by atoms with E-state index in [1.165, 1.54) is 12.1 Å². The molecule has 0 radical (unpaired) electrons. The molecular formula is C18H12FN3O2. The minimum atomic E-state index is -0.355. The van der Waals surface area contributed by atoms with Gasteiger partial charge in [-0.25, -0.2) is 9.37 Å². The number of H-pyrrole nitrogens is 1. The number of hydrogen-bond acceptors (Lipinski definition) is 4. The summed E-state index contributed by atoms with van der Waals surface area (Å²) >= 11 is 0. The molecule has 1 aliphatic heterocycles. The lowest BCUT2D eigenvalue weighted by Crippen LogP contribution is -2.15. The summed E-state index contributed by atoms with van der Waals surface area (Å²) in [5.41, 5.74) is 2.30. The van der Waals surface area contributed by atoms with Crippen molar-refractivity contribution in [3.63, 3.8) is 0 Å². The van der Waals surface area contributed by atoms with E-state index in [4.69, 9.17) is 9.47 Å². The Morgan fingerprint density at radius 3 is 2.83 bits per heavy atom. The zero-order chi connectivity index (χ0) is 16.5. The summed E-state index contributed by atoms with van der Waals surface area (Å²) in [6.45, 7) is 1.03. The minimum absolute atomic E-state index is 0.350. The first-order valence-corrected chi connectivity index (χ1v) is 7.40. The molecule has 1 aliphatic rings. The van der Waals surface area contributed by atoms with Crippen LogP contribution >= 0.6 is 0 Å². The van der Waals surface area contributed by atoms with E-state index in [2.05, 4.69) is 16.0 Å². The van der Waals surface area contributed by atoms with E-state index in [-0.39, 0.29) is 5.82 Å². The van der Waals surface area contributed by atoms with Gasteiger partial charge in [0.25, 0.3) is 0 Å². The van der Waals surface area contributed by atoms with E-state index in [1.54, 1.807) is 12.1 Å². The van der Waals surface area contributed by atoms with E-state index in [0.717, 1.165) is 5.56 Å². The quantitative estimate of drug-likeness (QED) is 0.733. The molecule has 0 saturated carbocycles. The molecular weight excluding hydrogens is 309 g/mol. The van der Waals surface area contributed by atoms with E-state index in [1.807, 2.05) is 18.2 Å². The number of imidazole rings is 1. The Hall–Kier alpha value is -3.33. The number of fused-ring (bicyclic) bond motifs is 2. The van der Waals surface area contributed by atoms with Gasteiger partial charge in [0.15, 0.2) is 11.5 Å². The number of hydrogen-bond donors (Lipinski definition) is 1. The number of ether oxygens (including phenoxy) is 2. The van der Waals surface area contributed by atoms with Gasteiger partial charge in [-0.1, -0.05) is 6.07 Å². The molecule has 0 atom stereocenters. The van der Waals surface area contributed by atoms with Crippen molar-refractivity contribution in [2.75, 3.05) is 13.2 Å². The SMILES string of the molecule is N#C/C(=C/c1ccc2c(c1)OCCO2)c1nc2ccc(F)cc2[nH]1. The molecule has 0 spiro atoms. The number of rotatable bonds is 2. The van der Waals surface area contributed by atoms with Gasteiger partial charge in [0.2, 0.25) is 0 Å². The van der Waals surface area contributed by atoms with Crippen molar-refractivity contribution < 1.29 is 13.9 Å². The van der Waals surface area contributed by atoms with Crippen LogP contribution in [0.1, 0.15) is 11.4 Å². The highest BCUT2D eigenvalue weighted by molar-refractivity contribution is 5.90. The molecule has 4 rings (SSSR count). The number of aromatic amines is 1. The third kappa shape index (κ3) is 2.57. The van der Waals surface area contributed by atoms with Gasteiger partial charge >= 0.3 is 0 Å². The van der Waals surface area contributed by atoms with Crippen LogP contribution in [0.4, 0.5) is 4.39 Å². The van der Waals surface area contributed by atoms with Crippen molar-refractivity contribution in [1.82, 2.24) is 9.97 Å². The first-order valence-electron chi connectivity index (χ1n) is 7.40. The zero-order valence-electron chi connectivity index (χ0n) is 12.5. The summed E-state index contributed by atoms with van der Waals surface area (Å²) in [7, 11) is 0. The Balaban J connectivity index is 1.74. The molecule has 5 nitrogen and oxygen atoms in total. The molecule has 2 heterocycles. The van der Waals surface area contributed by atoms with Gasteiger partial charge in [0, 0.05) is 0 Å². The Labute approximate surface area is 137 Å². The van der Waals surface area contributed by atoms with Crippen molar-refractivity contribution >= 4 is 22.7 Å². The molecule has 0 fully saturated rings. The first kappa shape index (κ1) is 14.3. The Bertz CT molecular complexity index is 1000. The lowest BCUT2D eigenvalue weighted by molar-refractivity contribution is 0.171. The fourth-order valence-electron chi connectivity index (χ4n) is 2.58. The highest BCUT2D eigenvalue weighted by Gasteiger charge is 2.13. The number of allylic oxidation sites excluding steroid dienone is 1. The molecule has 118 valence electrons. The predicted octanol–water partition coefficient (Wildman–Crippen LogP) is 3.54. The standard InChI is InChI=1S/C18H12FN3O2/c19-13-2-3-14-15(9-13)22-18(21-14)12(10-20)7-11-1-4-16-17(8-11)24-6-5-23-16/h1-4,7-9H,5-6H2,(H,21,22)/b12-7-. The fourth-order valence-corrected chi connectivity index (χ4v) is 2.58. The summed E-state index contributed by atoms with van der Waals surface area (Å²) < 4.78 is 24.3. The Morgan fingerprint density at radius 2 is 2.00 bits per heavy atom. The second-order valence-electron chi connectivity index (χ2n) is 5.32. The Morgan fingerprint density at radius 1 is 1.17 bits per heavy atom. The fraction of sp³-hybridized carbons (Fsp3) is 0.111. The Kier molecular flexibility index (Phi) is 3.39. The summed E-state index contributed by atoms with van der Waals surface area (Å²) in [5, 5.41) is 9.45. The average Bonchev–Trinajstić information content (AvgIpc) is 3.02. The second kappa shape index (κ2) is 5.70.